The number of carbonyl (C=O) groups is 1. The number of nitrogens with zero attached hydrogens (tertiary/aromatic N) is 2. The molecule has 3 aromatic rings. The molecule has 0 bridgehead atoms. The molecular formula is C16H10F2N2O. The normalized spacial score (nSPS) is 10.6. The number of aldehydes is 1. The average molecular weight is 284 g/mol. The van der Waals surface area contributed by atoms with Crippen molar-refractivity contribution in [1.82, 2.24) is 9.78 Å². The van der Waals surface area contributed by atoms with Gasteiger partial charge in [0.15, 0.2) is 11.6 Å². The lowest BCUT2D eigenvalue weighted by Gasteiger charge is -2.05. The molecule has 2 aromatic carbocycles. The van der Waals surface area contributed by atoms with E-state index < -0.39 is 11.6 Å². The van der Waals surface area contributed by atoms with Crippen LogP contribution in [0, 0.1) is 11.6 Å². The zero-order valence-electron chi connectivity index (χ0n) is 10.8. The standard InChI is InChI=1S/C16H10F2N2O/c17-14-6-11(10-21)7-15(18)16(14)20-9-13(8-19-20)12-4-2-1-3-5-12/h1-10H. The van der Waals surface area contributed by atoms with Crippen molar-refractivity contribution in [2.75, 3.05) is 0 Å². The summed E-state index contributed by atoms with van der Waals surface area (Å²) >= 11 is 0. The highest BCUT2D eigenvalue weighted by Crippen LogP contribution is 2.23. The van der Waals surface area contributed by atoms with Gasteiger partial charge in [0.05, 0.1) is 6.20 Å². The van der Waals surface area contributed by atoms with E-state index in [4.69, 9.17) is 0 Å². The molecule has 0 fully saturated rings. The maximum atomic E-state index is 13.9. The number of rotatable bonds is 3. The summed E-state index contributed by atoms with van der Waals surface area (Å²) in [6.07, 6.45) is 3.47. The highest BCUT2D eigenvalue weighted by atomic mass is 19.1. The Kier molecular flexibility index (Phi) is 3.31. The first-order valence-electron chi connectivity index (χ1n) is 6.24. The monoisotopic (exact) mass is 284 g/mol. The maximum absolute atomic E-state index is 13.9. The molecule has 0 atom stereocenters. The number of benzene rings is 2. The van der Waals surface area contributed by atoms with Gasteiger partial charge in [-0.3, -0.25) is 4.79 Å². The molecular weight excluding hydrogens is 274 g/mol. The first-order chi connectivity index (χ1) is 10.2. The third-order valence-electron chi connectivity index (χ3n) is 3.09. The third kappa shape index (κ3) is 2.45. The fourth-order valence-corrected chi connectivity index (χ4v) is 2.10. The SMILES string of the molecule is O=Cc1cc(F)c(-n2cc(-c3ccccc3)cn2)c(F)c1. The number of halogens is 2. The minimum absolute atomic E-state index is 0.0517. The van der Waals surface area contributed by atoms with Crippen LogP contribution in [0.5, 0.6) is 0 Å². The summed E-state index contributed by atoms with van der Waals surface area (Å²) in [5.41, 5.74) is 1.29. The number of hydrogen-bond donors (Lipinski definition) is 0. The molecule has 104 valence electrons. The molecule has 5 heteroatoms. The van der Waals surface area contributed by atoms with Gasteiger partial charge < -0.3 is 0 Å². The highest BCUT2D eigenvalue weighted by molar-refractivity contribution is 5.75. The molecule has 0 saturated carbocycles. The van der Waals surface area contributed by atoms with Crippen molar-refractivity contribution in [2.24, 2.45) is 0 Å². The van der Waals surface area contributed by atoms with Gasteiger partial charge in [0.1, 0.15) is 12.0 Å². The third-order valence-corrected chi connectivity index (χ3v) is 3.09. The average Bonchev–Trinajstić information content (AvgIpc) is 2.97. The molecule has 0 amide bonds. The Bertz CT molecular complexity index is 774. The lowest BCUT2D eigenvalue weighted by atomic mass is 10.1. The molecule has 1 aromatic heterocycles. The Morgan fingerprint density at radius 3 is 2.29 bits per heavy atom. The summed E-state index contributed by atoms with van der Waals surface area (Å²) in [6.45, 7) is 0. The van der Waals surface area contributed by atoms with Crippen molar-refractivity contribution in [3.63, 3.8) is 0 Å². The quantitative estimate of drug-likeness (QED) is 0.688. The maximum Gasteiger partial charge on any atom is 0.152 e. The van der Waals surface area contributed by atoms with Crippen LogP contribution in [0.4, 0.5) is 8.78 Å². The summed E-state index contributed by atoms with van der Waals surface area (Å²) in [4.78, 5) is 10.6. The second-order valence-electron chi connectivity index (χ2n) is 4.49. The second-order valence-corrected chi connectivity index (χ2v) is 4.49. The highest BCUT2D eigenvalue weighted by Gasteiger charge is 2.14. The van der Waals surface area contributed by atoms with Crippen LogP contribution in [0.2, 0.25) is 0 Å². The van der Waals surface area contributed by atoms with Crippen LogP contribution in [0.25, 0.3) is 16.8 Å². The van der Waals surface area contributed by atoms with Gasteiger partial charge in [0.25, 0.3) is 0 Å². The molecule has 0 aliphatic rings. The van der Waals surface area contributed by atoms with Crippen LogP contribution in [-0.2, 0) is 0 Å². The second kappa shape index (κ2) is 5.28. The Morgan fingerprint density at radius 2 is 1.67 bits per heavy atom. The van der Waals surface area contributed by atoms with Gasteiger partial charge in [-0.25, -0.2) is 13.5 Å². The summed E-state index contributed by atoms with van der Waals surface area (Å²) < 4.78 is 29.0. The van der Waals surface area contributed by atoms with Crippen molar-refractivity contribution in [3.8, 4) is 16.8 Å². The Hall–Kier alpha value is -2.82. The van der Waals surface area contributed by atoms with E-state index in [-0.39, 0.29) is 11.3 Å². The Balaban J connectivity index is 2.07. The van der Waals surface area contributed by atoms with E-state index in [1.165, 1.54) is 12.4 Å². The molecule has 0 unspecified atom stereocenters. The Morgan fingerprint density at radius 1 is 1.00 bits per heavy atom. The summed E-state index contributed by atoms with van der Waals surface area (Å²) in [6, 6.07) is 11.3. The Labute approximate surface area is 119 Å². The van der Waals surface area contributed by atoms with E-state index in [0.29, 0.717) is 6.29 Å². The summed E-state index contributed by atoms with van der Waals surface area (Å²) in [7, 11) is 0. The van der Waals surface area contributed by atoms with Crippen LogP contribution < -0.4 is 0 Å². The van der Waals surface area contributed by atoms with Crippen LogP contribution in [0.3, 0.4) is 0 Å². The van der Waals surface area contributed by atoms with E-state index in [0.717, 1.165) is 27.9 Å². The lowest BCUT2D eigenvalue weighted by molar-refractivity contribution is 0.112. The first kappa shape index (κ1) is 13.2. The van der Waals surface area contributed by atoms with Gasteiger partial charge in [0, 0.05) is 17.3 Å². The molecule has 0 aliphatic heterocycles. The van der Waals surface area contributed by atoms with Gasteiger partial charge in [-0.2, -0.15) is 5.10 Å². The topological polar surface area (TPSA) is 34.9 Å². The predicted octanol–water partition coefficient (Wildman–Crippen LogP) is 3.63. The van der Waals surface area contributed by atoms with Crippen molar-refractivity contribution in [1.29, 1.82) is 0 Å². The van der Waals surface area contributed by atoms with E-state index in [2.05, 4.69) is 5.10 Å². The molecule has 1 heterocycles. The van der Waals surface area contributed by atoms with Crippen molar-refractivity contribution in [3.05, 3.63) is 72.1 Å². The largest absolute Gasteiger partial charge is 0.298 e. The molecule has 3 rings (SSSR count). The predicted molar refractivity (Wildman–Crippen MR) is 74.3 cm³/mol. The van der Waals surface area contributed by atoms with Gasteiger partial charge in [0.2, 0.25) is 0 Å². The molecule has 0 aliphatic carbocycles. The van der Waals surface area contributed by atoms with E-state index in [9.17, 15) is 13.6 Å². The van der Waals surface area contributed by atoms with Crippen molar-refractivity contribution in [2.45, 2.75) is 0 Å². The van der Waals surface area contributed by atoms with E-state index >= 15 is 0 Å². The lowest BCUT2D eigenvalue weighted by Crippen LogP contribution is -2.03. The van der Waals surface area contributed by atoms with Gasteiger partial charge in [-0.1, -0.05) is 30.3 Å². The molecule has 3 nitrogen and oxygen atoms in total. The van der Waals surface area contributed by atoms with Crippen LogP contribution in [0.15, 0.2) is 54.9 Å². The zero-order valence-corrected chi connectivity index (χ0v) is 10.8. The number of hydrogen-bond acceptors (Lipinski definition) is 2. The molecule has 21 heavy (non-hydrogen) atoms. The molecule has 0 radical (unpaired) electrons. The number of carbonyl (C=O) groups excluding carboxylic acids is 1. The van der Waals surface area contributed by atoms with Crippen LogP contribution >= 0.6 is 0 Å². The fourth-order valence-electron chi connectivity index (χ4n) is 2.10. The van der Waals surface area contributed by atoms with Crippen molar-refractivity contribution >= 4 is 6.29 Å². The summed E-state index contributed by atoms with van der Waals surface area (Å²) in [5.74, 6) is -1.67. The van der Waals surface area contributed by atoms with E-state index in [1.807, 2.05) is 30.3 Å². The fraction of sp³-hybridized carbons (Fsp3) is 0. The van der Waals surface area contributed by atoms with Gasteiger partial charge in [-0.05, 0) is 17.7 Å². The van der Waals surface area contributed by atoms with Gasteiger partial charge in [-0.15, -0.1) is 0 Å². The minimum Gasteiger partial charge on any atom is -0.298 e. The van der Waals surface area contributed by atoms with Crippen LogP contribution in [0.1, 0.15) is 10.4 Å². The molecule has 0 spiro atoms. The van der Waals surface area contributed by atoms with Crippen molar-refractivity contribution < 1.29 is 13.6 Å². The molecule has 0 N–H and O–H groups in total. The first-order valence-corrected chi connectivity index (χ1v) is 6.24. The zero-order chi connectivity index (χ0) is 14.8. The van der Waals surface area contributed by atoms with Crippen LogP contribution in [-0.4, -0.2) is 16.1 Å². The smallest absolute Gasteiger partial charge is 0.152 e. The molecule has 0 saturated heterocycles. The minimum atomic E-state index is -0.834. The number of aromatic nitrogens is 2. The summed E-state index contributed by atoms with van der Waals surface area (Å²) in [5, 5.41) is 3.99. The van der Waals surface area contributed by atoms with E-state index in [1.54, 1.807) is 0 Å². The van der Waals surface area contributed by atoms with Gasteiger partial charge >= 0.3 is 0 Å².